The summed E-state index contributed by atoms with van der Waals surface area (Å²) < 4.78 is 23.2. The minimum Gasteiger partial charge on any atom is -0.466 e. The number of ether oxygens (including phenoxy) is 3. The van der Waals surface area contributed by atoms with Gasteiger partial charge in [-0.2, -0.15) is 0 Å². The van der Waals surface area contributed by atoms with Gasteiger partial charge in [-0.1, -0.05) is 30.0 Å². The highest BCUT2D eigenvalue weighted by Crippen LogP contribution is 2.53. The molecule has 1 aliphatic heterocycles. The average Bonchev–Trinajstić information content (AvgIpc) is 3.51. The predicted molar refractivity (Wildman–Crippen MR) is 121 cm³/mol. The van der Waals surface area contributed by atoms with Crippen molar-refractivity contribution in [2.45, 2.75) is 60.4 Å². The van der Waals surface area contributed by atoms with Crippen molar-refractivity contribution in [1.82, 2.24) is 0 Å². The quantitative estimate of drug-likeness (QED) is 0.448. The van der Waals surface area contributed by atoms with E-state index in [1.54, 1.807) is 11.8 Å². The molecule has 1 saturated heterocycles. The molecule has 2 aliphatic rings. The molecule has 6 nitrogen and oxygen atoms in total. The molecule has 1 saturated carbocycles. The first-order valence-electron chi connectivity index (χ1n) is 11.1. The van der Waals surface area contributed by atoms with Crippen molar-refractivity contribution in [2.24, 2.45) is 5.92 Å². The van der Waals surface area contributed by atoms with Crippen LogP contribution in [-0.4, -0.2) is 43.3 Å². The number of benzene rings is 1. The van der Waals surface area contributed by atoms with Crippen LogP contribution in [-0.2, 0) is 19.0 Å². The zero-order chi connectivity index (χ0) is 22.6. The van der Waals surface area contributed by atoms with E-state index in [9.17, 15) is 9.90 Å². The van der Waals surface area contributed by atoms with Crippen LogP contribution < -0.4 is 0 Å². The Bertz CT molecular complexity index is 931. The maximum atomic E-state index is 11.3. The van der Waals surface area contributed by atoms with Crippen LogP contribution in [0.3, 0.4) is 0 Å². The molecule has 1 spiro atoms. The molecule has 0 radical (unpaired) electrons. The Morgan fingerprint density at radius 3 is 2.78 bits per heavy atom. The third kappa shape index (κ3) is 5.12. The summed E-state index contributed by atoms with van der Waals surface area (Å²) in [5, 5.41) is 11.2. The van der Waals surface area contributed by atoms with E-state index >= 15 is 0 Å². The van der Waals surface area contributed by atoms with E-state index in [2.05, 4.69) is 29.9 Å². The largest absolute Gasteiger partial charge is 0.466 e. The summed E-state index contributed by atoms with van der Waals surface area (Å²) in [6.07, 6.45) is 4.90. The molecule has 32 heavy (non-hydrogen) atoms. The molecular weight excluding hydrogens is 428 g/mol. The lowest BCUT2D eigenvalue weighted by molar-refractivity contribution is -0.185. The number of hydrogen-bond acceptors (Lipinski definition) is 7. The normalized spacial score (nSPS) is 23.2. The van der Waals surface area contributed by atoms with Crippen molar-refractivity contribution >= 4 is 17.7 Å². The number of rotatable bonds is 8. The van der Waals surface area contributed by atoms with Gasteiger partial charge in [0.15, 0.2) is 10.9 Å². The van der Waals surface area contributed by atoms with Gasteiger partial charge in [0.1, 0.15) is 5.76 Å². The minimum absolute atomic E-state index is 0.0607. The zero-order valence-corrected chi connectivity index (χ0v) is 19.3. The molecule has 2 heterocycles. The first-order valence-corrected chi connectivity index (χ1v) is 11.9. The molecule has 0 bridgehead atoms. The van der Waals surface area contributed by atoms with Gasteiger partial charge in [0, 0.05) is 29.2 Å². The number of aliphatic hydroxyl groups excluding tert-OH is 1. The van der Waals surface area contributed by atoms with E-state index in [4.69, 9.17) is 13.9 Å². The second kappa shape index (κ2) is 10.3. The first kappa shape index (κ1) is 23.1. The Labute approximate surface area is 192 Å². The van der Waals surface area contributed by atoms with E-state index in [0.717, 1.165) is 34.2 Å². The lowest BCUT2D eigenvalue weighted by Crippen LogP contribution is -2.36. The molecule has 1 unspecified atom stereocenters. The van der Waals surface area contributed by atoms with Crippen LogP contribution in [0.2, 0.25) is 0 Å². The number of aliphatic hydroxyl groups is 1. The van der Waals surface area contributed by atoms with Gasteiger partial charge in [-0.3, -0.25) is 0 Å². The highest BCUT2D eigenvalue weighted by Gasteiger charge is 2.54. The lowest BCUT2D eigenvalue weighted by atomic mass is 9.85. The summed E-state index contributed by atoms with van der Waals surface area (Å²) in [4.78, 5) is 12.4. The molecule has 1 aliphatic carbocycles. The van der Waals surface area contributed by atoms with E-state index in [1.165, 1.54) is 19.3 Å². The van der Waals surface area contributed by atoms with Crippen molar-refractivity contribution < 1.29 is 28.5 Å². The number of aryl methyl sites for hydroxylation is 1. The summed E-state index contributed by atoms with van der Waals surface area (Å²) in [6.45, 7) is 3.25. The second-order valence-electron chi connectivity index (χ2n) is 8.32. The third-order valence-electron chi connectivity index (χ3n) is 6.29. The maximum absolute atomic E-state index is 11.3. The van der Waals surface area contributed by atoms with Crippen molar-refractivity contribution in [3.63, 3.8) is 0 Å². The fraction of sp³-hybridized carbons (Fsp3) is 0.480. The first-order chi connectivity index (χ1) is 15.5. The SMILES string of the molecule is COC(=O)/C=C\C(O)CC[C@H]1[C@H](c2oc(Sc3ccccc3)cc2C)CCC12OCCO2. The summed E-state index contributed by atoms with van der Waals surface area (Å²) in [5.41, 5.74) is 1.12. The van der Waals surface area contributed by atoms with Gasteiger partial charge in [0.25, 0.3) is 0 Å². The van der Waals surface area contributed by atoms with Gasteiger partial charge in [-0.05, 0) is 56.0 Å². The Balaban J connectivity index is 1.50. The zero-order valence-electron chi connectivity index (χ0n) is 18.5. The van der Waals surface area contributed by atoms with Crippen molar-refractivity contribution in [1.29, 1.82) is 0 Å². The fourth-order valence-corrected chi connectivity index (χ4v) is 5.70. The number of esters is 1. The molecule has 172 valence electrons. The maximum Gasteiger partial charge on any atom is 0.330 e. The summed E-state index contributed by atoms with van der Waals surface area (Å²) in [5.74, 6) is 0.0866. The molecule has 2 fully saturated rings. The Hall–Kier alpha value is -2.06. The standard InChI is InChI=1S/C25H30O6S/c1-17-16-23(32-19-6-4-3-5-7-19)31-24(17)20-12-13-25(29-14-15-30-25)21(20)10-8-18(26)9-11-22(27)28-2/h3-7,9,11,16,18,20-21,26H,8,10,12-15H2,1-2H3/b11-9-/t18?,20-,21+/m1/s1. The van der Waals surface area contributed by atoms with E-state index < -0.39 is 17.9 Å². The summed E-state index contributed by atoms with van der Waals surface area (Å²) in [6, 6.07) is 12.3. The minimum atomic E-state index is -0.740. The molecule has 1 N–H and O–H groups in total. The molecule has 2 aromatic rings. The van der Waals surface area contributed by atoms with Gasteiger partial charge in [0.2, 0.25) is 0 Å². The van der Waals surface area contributed by atoms with Crippen LogP contribution in [0, 0.1) is 12.8 Å². The number of methoxy groups -OCH3 is 1. The molecule has 1 aromatic heterocycles. The van der Waals surface area contributed by atoms with Crippen LogP contribution in [0.4, 0.5) is 0 Å². The number of hydrogen-bond donors (Lipinski definition) is 1. The van der Waals surface area contributed by atoms with Gasteiger partial charge in [-0.15, -0.1) is 0 Å². The third-order valence-corrected chi connectivity index (χ3v) is 7.20. The van der Waals surface area contributed by atoms with Gasteiger partial charge in [-0.25, -0.2) is 4.79 Å². The monoisotopic (exact) mass is 458 g/mol. The number of carbonyl (C=O) groups excluding carboxylic acids is 1. The van der Waals surface area contributed by atoms with E-state index in [-0.39, 0.29) is 11.8 Å². The topological polar surface area (TPSA) is 78.1 Å². The van der Waals surface area contributed by atoms with Crippen molar-refractivity contribution in [3.8, 4) is 0 Å². The summed E-state index contributed by atoms with van der Waals surface area (Å²) in [7, 11) is 1.32. The number of carbonyl (C=O) groups is 1. The molecule has 7 heteroatoms. The average molecular weight is 459 g/mol. The highest BCUT2D eigenvalue weighted by atomic mass is 32.2. The van der Waals surface area contributed by atoms with Gasteiger partial charge >= 0.3 is 5.97 Å². The number of furan rings is 1. The Morgan fingerprint density at radius 2 is 2.06 bits per heavy atom. The van der Waals surface area contributed by atoms with E-state index in [1.807, 2.05) is 18.2 Å². The molecule has 0 amide bonds. The van der Waals surface area contributed by atoms with Gasteiger partial charge < -0.3 is 23.7 Å². The van der Waals surface area contributed by atoms with Gasteiger partial charge in [0.05, 0.1) is 26.4 Å². The van der Waals surface area contributed by atoms with Crippen LogP contribution in [0.25, 0.3) is 0 Å². The second-order valence-corrected chi connectivity index (χ2v) is 9.39. The molecular formula is C25H30O6S. The smallest absolute Gasteiger partial charge is 0.330 e. The molecule has 1 aromatic carbocycles. The molecule has 4 rings (SSSR count). The van der Waals surface area contributed by atoms with Crippen LogP contribution >= 0.6 is 11.8 Å². The van der Waals surface area contributed by atoms with Crippen molar-refractivity contribution in [2.75, 3.05) is 20.3 Å². The highest BCUT2D eigenvalue weighted by molar-refractivity contribution is 7.99. The lowest BCUT2D eigenvalue weighted by Gasteiger charge is -2.32. The van der Waals surface area contributed by atoms with E-state index in [0.29, 0.717) is 26.1 Å². The van der Waals surface area contributed by atoms with Crippen LogP contribution in [0.5, 0.6) is 0 Å². The fourth-order valence-electron chi connectivity index (χ4n) is 4.81. The Morgan fingerprint density at radius 1 is 1.31 bits per heavy atom. The Kier molecular flexibility index (Phi) is 7.40. The van der Waals surface area contributed by atoms with Crippen molar-refractivity contribution in [3.05, 3.63) is 59.9 Å². The molecule has 3 atom stereocenters. The van der Waals surface area contributed by atoms with Crippen LogP contribution in [0.15, 0.2) is 63.0 Å². The summed E-state index contributed by atoms with van der Waals surface area (Å²) >= 11 is 1.61. The van der Waals surface area contributed by atoms with Crippen LogP contribution in [0.1, 0.15) is 42.9 Å². The predicted octanol–water partition coefficient (Wildman–Crippen LogP) is 4.85.